The molecule has 0 aliphatic carbocycles. The molecule has 0 aliphatic heterocycles. The number of ketones is 1. The summed E-state index contributed by atoms with van der Waals surface area (Å²) < 4.78 is 40.6. The summed E-state index contributed by atoms with van der Waals surface area (Å²) in [7, 11) is 1.10. The molecule has 86 valence electrons. The minimum absolute atomic E-state index is 0.0994. The van der Waals surface area contributed by atoms with Crippen molar-refractivity contribution in [1.29, 1.82) is 0 Å². The Labute approximate surface area is 88.8 Å². The molecule has 1 rings (SSSR count). The summed E-state index contributed by atoms with van der Waals surface area (Å²) in [6.45, 7) is 0. The zero-order valence-corrected chi connectivity index (χ0v) is 8.17. The van der Waals surface area contributed by atoms with Crippen molar-refractivity contribution in [2.24, 2.45) is 0 Å². The normalized spacial score (nSPS) is 11.0. The van der Waals surface area contributed by atoms with E-state index in [0.717, 1.165) is 19.2 Å². The molecule has 0 saturated heterocycles. The lowest BCUT2D eigenvalue weighted by molar-refractivity contribution is -0.0885. The van der Waals surface area contributed by atoms with Gasteiger partial charge in [0, 0.05) is 5.56 Å². The molecule has 0 unspecified atom stereocenters. The van der Waals surface area contributed by atoms with Crippen LogP contribution in [0.3, 0.4) is 0 Å². The van der Waals surface area contributed by atoms with E-state index >= 15 is 0 Å². The lowest BCUT2D eigenvalue weighted by Crippen LogP contribution is -2.23. The molecule has 0 fully saturated rings. The van der Waals surface area contributed by atoms with Gasteiger partial charge in [-0.05, 0) is 12.1 Å². The summed E-state index contributed by atoms with van der Waals surface area (Å²) in [6, 6.07) is 4.29. The standard InChI is InChI=1S/C10H7F3O3/c1-16-9(15)7-4-2-3-6(5-7)8(14)10(11,12)13/h2-5H,1H3. The third kappa shape index (κ3) is 2.59. The maximum atomic E-state index is 12.1. The summed E-state index contributed by atoms with van der Waals surface area (Å²) in [5.41, 5.74) is -0.687. The Morgan fingerprint density at radius 1 is 1.19 bits per heavy atom. The molecular weight excluding hydrogens is 225 g/mol. The van der Waals surface area contributed by atoms with Crippen molar-refractivity contribution < 1.29 is 27.5 Å². The van der Waals surface area contributed by atoms with E-state index in [4.69, 9.17) is 0 Å². The van der Waals surface area contributed by atoms with Crippen LogP contribution in [0.4, 0.5) is 13.2 Å². The molecule has 1 aromatic carbocycles. The Balaban J connectivity index is 3.09. The van der Waals surface area contributed by atoms with E-state index in [0.29, 0.717) is 0 Å². The molecule has 0 radical (unpaired) electrons. The first kappa shape index (κ1) is 12.2. The van der Waals surface area contributed by atoms with E-state index < -0.39 is 23.5 Å². The molecule has 0 aliphatic rings. The van der Waals surface area contributed by atoms with Crippen LogP contribution in [0.25, 0.3) is 0 Å². The number of Topliss-reactive ketones (excluding diaryl/α,β-unsaturated/α-hetero) is 1. The van der Waals surface area contributed by atoms with Gasteiger partial charge in [-0.25, -0.2) is 4.79 Å². The predicted molar refractivity (Wildman–Crippen MR) is 48.2 cm³/mol. The molecule has 1 aromatic rings. The second-order valence-electron chi connectivity index (χ2n) is 2.90. The smallest absolute Gasteiger partial charge is 0.454 e. The molecule has 16 heavy (non-hydrogen) atoms. The summed E-state index contributed by atoms with van der Waals surface area (Å²) in [5.74, 6) is -2.78. The second-order valence-corrected chi connectivity index (χ2v) is 2.90. The number of ether oxygens (including phenoxy) is 1. The average Bonchev–Trinajstić information content (AvgIpc) is 2.26. The quantitative estimate of drug-likeness (QED) is 0.580. The molecular formula is C10H7F3O3. The van der Waals surface area contributed by atoms with E-state index in [1.54, 1.807) is 0 Å². The molecule has 0 aromatic heterocycles. The molecule has 0 saturated carbocycles. The fraction of sp³-hybridized carbons (Fsp3) is 0.200. The van der Waals surface area contributed by atoms with Crippen LogP contribution in [-0.4, -0.2) is 25.0 Å². The summed E-state index contributed by atoms with van der Waals surface area (Å²) in [5, 5.41) is 0. The maximum absolute atomic E-state index is 12.1. The molecule has 0 atom stereocenters. The van der Waals surface area contributed by atoms with E-state index in [1.165, 1.54) is 12.1 Å². The molecule has 6 heteroatoms. The Morgan fingerprint density at radius 3 is 2.25 bits per heavy atom. The number of methoxy groups -OCH3 is 1. The van der Waals surface area contributed by atoms with Crippen molar-refractivity contribution in [3.05, 3.63) is 35.4 Å². The fourth-order valence-corrected chi connectivity index (χ4v) is 1.07. The van der Waals surface area contributed by atoms with Crippen LogP contribution in [0.1, 0.15) is 20.7 Å². The Kier molecular flexibility index (Phi) is 3.31. The minimum Gasteiger partial charge on any atom is -0.465 e. The van der Waals surface area contributed by atoms with Crippen molar-refractivity contribution in [1.82, 2.24) is 0 Å². The van der Waals surface area contributed by atoms with Crippen molar-refractivity contribution in [2.75, 3.05) is 7.11 Å². The summed E-state index contributed by atoms with van der Waals surface area (Å²) >= 11 is 0. The number of alkyl halides is 3. The van der Waals surface area contributed by atoms with E-state index in [2.05, 4.69) is 4.74 Å². The van der Waals surface area contributed by atoms with Crippen LogP contribution in [0.15, 0.2) is 24.3 Å². The number of carbonyl (C=O) groups excluding carboxylic acids is 2. The van der Waals surface area contributed by atoms with Gasteiger partial charge in [-0.1, -0.05) is 12.1 Å². The number of hydrogen-bond acceptors (Lipinski definition) is 3. The topological polar surface area (TPSA) is 43.4 Å². The number of benzene rings is 1. The van der Waals surface area contributed by atoms with Crippen LogP contribution < -0.4 is 0 Å². The Morgan fingerprint density at radius 2 is 1.75 bits per heavy atom. The molecule has 0 N–H and O–H groups in total. The number of rotatable bonds is 2. The van der Waals surface area contributed by atoms with Gasteiger partial charge in [0.15, 0.2) is 0 Å². The fourth-order valence-electron chi connectivity index (χ4n) is 1.07. The van der Waals surface area contributed by atoms with Gasteiger partial charge in [0.1, 0.15) is 0 Å². The van der Waals surface area contributed by atoms with Gasteiger partial charge < -0.3 is 4.74 Å². The van der Waals surface area contributed by atoms with Gasteiger partial charge in [-0.15, -0.1) is 0 Å². The molecule has 3 nitrogen and oxygen atoms in total. The maximum Gasteiger partial charge on any atom is 0.454 e. The second kappa shape index (κ2) is 4.34. The van der Waals surface area contributed by atoms with E-state index in [1.807, 2.05) is 0 Å². The number of halogens is 3. The monoisotopic (exact) mass is 232 g/mol. The summed E-state index contributed by atoms with van der Waals surface area (Å²) in [4.78, 5) is 21.9. The lowest BCUT2D eigenvalue weighted by atomic mass is 10.1. The Bertz CT molecular complexity index is 424. The van der Waals surface area contributed by atoms with Gasteiger partial charge >= 0.3 is 12.1 Å². The first-order valence-electron chi connectivity index (χ1n) is 4.16. The highest BCUT2D eigenvalue weighted by Gasteiger charge is 2.39. The SMILES string of the molecule is COC(=O)c1cccc(C(=O)C(F)(F)F)c1. The highest BCUT2D eigenvalue weighted by atomic mass is 19.4. The predicted octanol–water partition coefficient (Wildman–Crippen LogP) is 2.22. The van der Waals surface area contributed by atoms with Crippen LogP contribution in [0, 0.1) is 0 Å². The first-order chi connectivity index (χ1) is 7.36. The van der Waals surface area contributed by atoms with Crippen LogP contribution >= 0.6 is 0 Å². The van der Waals surface area contributed by atoms with Crippen molar-refractivity contribution in [3.63, 3.8) is 0 Å². The first-order valence-corrected chi connectivity index (χ1v) is 4.16. The van der Waals surface area contributed by atoms with Crippen LogP contribution in [-0.2, 0) is 4.74 Å². The number of hydrogen-bond donors (Lipinski definition) is 0. The highest BCUT2D eigenvalue weighted by Crippen LogP contribution is 2.22. The number of carbonyl (C=O) groups is 2. The highest BCUT2D eigenvalue weighted by molar-refractivity contribution is 6.02. The van der Waals surface area contributed by atoms with Crippen molar-refractivity contribution in [3.8, 4) is 0 Å². The van der Waals surface area contributed by atoms with E-state index in [9.17, 15) is 22.8 Å². The van der Waals surface area contributed by atoms with Gasteiger partial charge in [0.2, 0.25) is 0 Å². The lowest BCUT2D eigenvalue weighted by Gasteiger charge is -2.06. The van der Waals surface area contributed by atoms with Gasteiger partial charge in [-0.3, -0.25) is 4.79 Å². The minimum atomic E-state index is -4.95. The van der Waals surface area contributed by atoms with Crippen LogP contribution in [0.2, 0.25) is 0 Å². The van der Waals surface area contributed by atoms with Gasteiger partial charge in [0.05, 0.1) is 12.7 Å². The number of esters is 1. The third-order valence-electron chi connectivity index (χ3n) is 1.80. The van der Waals surface area contributed by atoms with Gasteiger partial charge in [-0.2, -0.15) is 13.2 Å². The zero-order chi connectivity index (χ0) is 12.3. The van der Waals surface area contributed by atoms with Crippen molar-refractivity contribution >= 4 is 11.8 Å². The van der Waals surface area contributed by atoms with Crippen molar-refractivity contribution in [2.45, 2.75) is 6.18 Å². The molecule has 0 heterocycles. The van der Waals surface area contributed by atoms with E-state index in [-0.39, 0.29) is 5.56 Å². The molecule has 0 amide bonds. The largest absolute Gasteiger partial charge is 0.465 e. The van der Waals surface area contributed by atoms with Crippen LogP contribution in [0.5, 0.6) is 0 Å². The third-order valence-corrected chi connectivity index (χ3v) is 1.80. The Hall–Kier alpha value is -1.85. The van der Waals surface area contributed by atoms with Gasteiger partial charge in [0.25, 0.3) is 5.78 Å². The molecule has 0 spiro atoms. The average molecular weight is 232 g/mol. The zero-order valence-electron chi connectivity index (χ0n) is 8.17. The summed E-state index contributed by atoms with van der Waals surface area (Å²) in [6.07, 6.45) is -4.95. The molecule has 0 bridgehead atoms.